The Morgan fingerprint density at radius 2 is 2.23 bits per heavy atom. The molecule has 0 fully saturated rings. The van der Waals surface area contributed by atoms with Crippen molar-refractivity contribution in [2.75, 3.05) is 0 Å². The van der Waals surface area contributed by atoms with E-state index in [9.17, 15) is 4.39 Å². The molecule has 2 N–H and O–H groups in total. The summed E-state index contributed by atoms with van der Waals surface area (Å²) < 4.78 is 13.2. The van der Waals surface area contributed by atoms with Crippen LogP contribution < -0.4 is 5.73 Å². The van der Waals surface area contributed by atoms with Crippen LogP contribution in [0.1, 0.15) is 12.5 Å². The van der Waals surface area contributed by atoms with E-state index in [-0.39, 0.29) is 5.82 Å². The average molecular weight is 243 g/mol. The molecule has 1 aromatic carbocycles. The van der Waals surface area contributed by atoms with Crippen molar-refractivity contribution in [2.45, 2.75) is 12.5 Å². The summed E-state index contributed by atoms with van der Waals surface area (Å²) in [5.41, 5.74) is 5.16. The zero-order valence-corrected chi connectivity index (χ0v) is 8.60. The second-order valence-electron chi connectivity index (χ2n) is 2.94. The highest BCUT2D eigenvalue weighted by molar-refractivity contribution is 9.10. The van der Waals surface area contributed by atoms with E-state index >= 15 is 0 Å². The topological polar surface area (TPSA) is 49.8 Å². The smallest absolute Gasteiger partial charge is 0.128 e. The maximum atomic E-state index is 12.7. The molecular weight excluding hydrogens is 235 g/mol. The van der Waals surface area contributed by atoms with E-state index in [0.717, 1.165) is 0 Å². The third-order valence-electron chi connectivity index (χ3n) is 1.72. The highest BCUT2D eigenvalue weighted by Gasteiger charge is 2.22. The third-order valence-corrected chi connectivity index (χ3v) is 2.38. The van der Waals surface area contributed by atoms with Gasteiger partial charge in [-0.15, -0.1) is 0 Å². The molecule has 0 aromatic heterocycles. The van der Waals surface area contributed by atoms with Crippen LogP contribution in [0.4, 0.5) is 4.39 Å². The summed E-state index contributed by atoms with van der Waals surface area (Å²) in [4.78, 5) is 0. The van der Waals surface area contributed by atoms with E-state index < -0.39 is 5.54 Å². The lowest BCUT2D eigenvalue weighted by Crippen LogP contribution is -2.31. The van der Waals surface area contributed by atoms with Gasteiger partial charge in [-0.2, -0.15) is 5.26 Å². The Kier molecular flexibility index (Phi) is 2.69. The average Bonchev–Trinajstić information content (AvgIpc) is 2.03. The van der Waals surface area contributed by atoms with Gasteiger partial charge < -0.3 is 5.73 Å². The maximum Gasteiger partial charge on any atom is 0.128 e. The highest BCUT2D eigenvalue weighted by atomic mass is 79.9. The Hall–Kier alpha value is -0.920. The van der Waals surface area contributed by atoms with Crippen LogP contribution in [0.5, 0.6) is 0 Å². The van der Waals surface area contributed by atoms with Crippen LogP contribution in [-0.2, 0) is 5.54 Å². The molecule has 0 amide bonds. The van der Waals surface area contributed by atoms with Crippen LogP contribution in [0, 0.1) is 17.1 Å². The van der Waals surface area contributed by atoms with Gasteiger partial charge in [-0.1, -0.05) is 22.0 Å². The Labute approximate surface area is 84.3 Å². The first-order valence-corrected chi connectivity index (χ1v) is 4.42. The van der Waals surface area contributed by atoms with Gasteiger partial charge in [0.15, 0.2) is 0 Å². The highest BCUT2D eigenvalue weighted by Crippen LogP contribution is 2.26. The molecule has 13 heavy (non-hydrogen) atoms. The van der Waals surface area contributed by atoms with E-state index in [0.29, 0.717) is 10.0 Å². The van der Waals surface area contributed by atoms with E-state index in [2.05, 4.69) is 15.9 Å². The number of nitrogens with two attached hydrogens (primary N) is 1. The minimum atomic E-state index is -1.09. The largest absolute Gasteiger partial charge is 0.310 e. The molecule has 68 valence electrons. The molecule has 0 saturated heterocycles. The molecule has 4 heteroatoms. The lowest BCUT2D eigenvalue weighted by atomic mass is 9.95. The van der Waals surface area contributed by atoms with Crippen molar-refractivity contribution in [3.8, 4) is 6.07 Å². The SMILES string of the molecule is C[C@@](N)(C#N)c1ccc(F)cc1Br. The quantitative estimate of drug-likeness (QED) is 0.822. The zero-order chi connectivity index (χ0) is 10.1. The Morgan fingerprint density at radius 3 is 2.69 bits per heavy atom. The molecule has 2 nitrogen and oxygen atoms in total. The fourth-order valence-corrected chi connectivity index (χ4v) is 1.73. The first kappa shape index (κ1) is 10.2. The maximum absolute atomic E-state index is 12.7. The Bertz CT molecular complexity index is 368. The molecule has 0 aliphatic heterocycles. The molecule has 0 saturated carbocycles. The van der Waals surface area contributed by atoms with E-state index in [1.165, 1.54) is 18.2 Å². The van der Waals surface area contributed by atoms with E-state index in [4.69, 9.17) is 11.0 Å². The molecule has 1 aromatic rings. The van der Waals surface area contributed by atoms with Crippen LogP contribution in [0.25, 0.3) is 0 Å². The third kappa shape index (κ3) is 2.06. The molecule has 0 radical (unpaired) electrons. The van der Waals surface area contributed by atoms with Gasteiger partial charge in [0.1, 0.15) is 11.4 Å². The number of hydrogen-bond donors (Lipinski definition) is 1. The molecule has 0 aliphatic carbocycles. The van der Waals surface area contributed by atoms with E-state index in [1.807, 2.05) is 6.07 Å². The summed E-state index contributed by atoms with van der Waals surface area (Å²) in [7, 11) is 0. The standard InChI is InChI=1S/C9H8BrFN2/c1-9(13,5-12)7-3-2-6(11)4-8(7)10/h2-4H,13H2,1H3/t9-/m1/s1. The number of hydrogen-bond acceptors (Lipinski definition) is 2. The van der Waals surface area contributed by atoms with Crippen LogP contribution >= 0.6 is 15.9 Å². The van der Waals surface area contributed by atoms with Gasteiger partial charge in [-0.3, -0.25) is 0 Å². The fourth-order valence-electron chi connectivity index (χ4n) is 0.971. The van der Waals surface area contributed by atoms with Crippen LogP contribution in [0.3, 0.4) is 0 Å². The molecule has 1 atom stereocenters. The van der Waals surface area contributed by atoms with Crippen molar-refractivity contribution in [3.63, 3.8) is 0 Å². The Morgan fingerprint density at radius 1 is 1.62 bits per heavy atom. The summed E-state index contributed by atoms with van der Waals surface area (Å²) in [6.07, 6.45) is 0. The number of nitrogens with zero attached hydrogens (tertiary/aromatic N) is 1. The van der Waals surface area contributed by atoms with E-state index in [1.54, 1.807) is 6.92 Å². The summed E-state index contributed by atoms with van der Waals surface area (Å²) in [6, 6.07) is 6.02. The monoisotopic (exact) mass is 242 g/mol. The van der Waals surface area contributed by atoms with Crippen LogP contribution in [0.15, 0.2) is 22.7 Å². The van der Waals surface area contributed by atoms with Gasteiger partial charge in [0.05, 0.1) is 6.07 Å². The predicted octanol–water partition coefficient (Wildman–Crippen LogP) is 2.29. The van der Waals surface area contributed by atoms with Gasteiger partial charge in [-0.05, 0) is 19.1 Å². The van der Waals surface area contributed by atoms with Gasteiger partial charge in [-0.25, -0.2) is 4.39 Å². The molecule has 0 unspecified atom stereocenters. The van der Waals surface area contributed by atoms with Crippen molar-refractivity contribution in [3.05, 3.63) is 34.1 Å². The number of nitriles is 1. The number of benzene rings is 1. The minimum Gasteiger partial charge on any atom is -0.310 e. The second kappa shape index (κ2) is 3.44. The molecular formula is C9H8BrFN2. The van der Waals surface area contributed by atoms with Gasteiger partial charge >= 0.3 is 0 Å². The fraction of sp³-hybridized carbons (Fsp3) is 0.222. The molecule has 0 spiro atoms. The van der Waals surface area contributed by atoms with Crippen molar-refractivity contribution >= 4 is 15.9 Å². The summed E-state index contributed by atoms with van der Waals surface area (Å²) in [5.74, 6) is -0.357. The summed E-state index contributed by atoms with van der Waals surface area (Å²) in [5, 5.41) is 8.75. The second-order valence-corrected chi connectivity index (χ2v) is 3.79. The lowest BCUT2D eigenvalue weighted by Gasteiger charge is -2.17. The summed E-state index contributed by atoms with van der Waals surface area (Å²) >= 11 is 3.15. The molecule has 0 aliphatic rings. The van der Waals surface area contributed by atoms with Crippen LogP contribution in [0.2, 0.25) is 0 Å². The minimum absolute atomic E-state index is 0.357. The normalized spacial score (nSPS) is 14.7. The van der Waals surface area contributed by atoms with Crippen molar-refractivity contribution in [2.24, 2.45) is 5.73 Å². The first-order chi connectivity index (χ1) is 5.97. The molecule has 0 heterocycles. The lowest BCUT2D eigenvalue weighted by molar-refractivity contribution is 0.612. The Balaban J connectivity index is 3.26. The first-order valence-electron chi connectivity index (χ1n) is 3.63. The zero-order valence-electron chi connectivity index (χ0n) is 7.01. The van der Waals surface area contributed by atoms with Crippen molar-refractivity contribution < 1.29 is 4.39 Å². The number of halogens is 2. The van der Waals surface area contributed by atoms with Crippen molar-refractivity contribution in [1.29, 1.82) is 5.26 Å². The van der Waals surface area contributed by atoms with Crippen molar-refractivity contribution in [1.82, 2.24) is 0 Å². The van der Waals surface area contributed by atoms with Gasteiger partial charge in [0, 0.05) is 10.0 Å². The molecule has 0 bridgehead atoms. The number of rotatable bonds is 1. The van der Waals surface area contributed by atoms with Crippen LogP contribution in [-0.4, -0.2) is 0 Å². The molecule has 1 rings (SSSR count). The van der Waals surface area contributed by atoms with Gasteiger partial charge in [0.2, 0.25) is 0 Å². The predicted molar refractivity (Wildman–Crippen MR) is 51.3 cm³/mol. The van der Waals surface area contributed by atoms with Gasteiger partial charge in [0.25, 0.3) is 0 Å². The summed E-state index contributed by atoms with van der Waals surface area (Å²) in [6.45, 7) is 1.57.